The van der Waals surface area contributed by atoms with Gasteiger partial charge in [0.05, 0.1) is 25.9 Å². The third kappa shape index (κ3) is 3.32. The molecule has 1 aromatic rings. The number of nitrogens with zero attached hydrogens (tertiary/aromatic N) is 1. The minimum Gasteiger partial charge on any atom is -0.494 e. The van der Waals surface area contributed by atoms with Gasteiger partial charge in [0.2, 0.25) is 0 Å². The normalized spacial score (nSPS) is 18.8. The monoisotopic (exact) mass is 279 g/mol. The standard InChI is InChI=1S/C16H25NO3/c1-4-20-14-7-5-13(6-8-14)15(18)16(2,3)17-9-11-19-12-10-17/h5-8,15,18H,4,9-12H2,1-3H3. The lowest BCUT2D eigenvalue weighted by atomic mass is 9.89. The van der Waals surface area contributed by atoms with Crippen molar-refractivity contribution < 1.29 is 14.6 Å². The first-order chi connectivity index (χ1) is 9.55. The summed E-state index contributed by atoms with van der Waals surface area (Å²) in [6, 6.07) is 7.71. The van der Waals surface area contributed by atoms with Gasteiger partial charge < -0.3 is 14.6 Å². The molecule has 0 bridgehead atoms. The Balaban J connectivity index is 2.09. The predicted molar refractivity (Wildman–Crippen MR) is 79.0 cm³/mol. The molecule has 112 valence electrons. The van der Waals surface area contributed by atoms with Crippen LogP contribution in [0.4, 0.5) is 0 Å². The molecular formula is C16H25NO3. The first-order valence-electron chi connectivity index (χ1n) is 7.29. The molecular weight excluding hydrogens is 254 g/mol. The Bertz CT molecular complexity index is 410. The van der Waals surface area contributed by atoms with Crippen LogP contribution in [0, 0.1) is 0 Å². The van der Waals surface area contributed by atoms with Gasteiger partial charge in [-0.1, -0.05) is 12.1 Å². The Morgan fingerprint density at radius 3 is 2.40 bits per heavy atom. The number of ether oxygens (including phenoxy) is 2. The summed E-state index contributed by atoms with van der Waals surface area (Å²) in [5.74, 6) is 0.840. The van der Waals surface area contributed by atoms with Crippen molar-refractivity contribution in [2.45, 2.75) is 32.4 Å². The van der Waals surface area contributed by atoms with Crippen molar-refractivity contribution >= 4 is 0 Å². The van der Waals surface area contributed by atoms with E-state index in [1.807, 2.05) is 31.2 Å². The Morgan fingerprint density at radius 2 is 1.85 bits per heavy atom. The number of aliphatic hydroxyl groups is 1. The minimum atomic E-state index is -0.531. The highest BCUT2D eigenvalue weighted by atomic mass is 16.5. The molecule has 1 saturated heterocycles. The number of rotatable bonds is 5. The molecule has 0 saturated carbocycles. The van der Waals surface area contributed by atoms with Gasteiger partial charge in [-0.05, 0) is 38.5 Å². The van der Waals surface area contributed by atoms with E-state index in [0.717, 1.165) is 37.6 Å². The Hall–Kier alpha value is -1.10. The topological polar surface area (TPSA) is 41.9 Å². The first kappa shape index (κ1) is 15.3. The van der Waals surface area contributed by atoms with Crippen LogP contribution >= 0.6 is 0 Å². The van der Waals surface area contributed by atoms with E-state index in [1.54, 1.807) is 0 Å². The van der Waals surface area contributed by atoms with Crippen LogP contribution in [0.25, 0.3) is 0 Å². The van der Waals surface area contributed by atoms with E-state index < -0.39 is 6.10 Å². The second kappa shape index (κ2) is 6.57. The fourth-order valence-electron chi connectivity index (χ4n) is 2.63. The summed E-state index contributed by atoms with van der Waals surface area (Å²) in [6.07, 6.45) is -0.531. The molecule has 0 radical (unpaired) electrons. The van der Waals surface area contributed by atoms with Crippen molar-refractivity contribution in [1.82, 2.24) is 4.90 Å². The maximum Gasteiger partial charge on any atom is 0.119 e. The number of aliphatic hydroxyl groups excluding tert-OH is 1. The smallest absolute Gasteiger partial charge is 0.119 e. The molecule has 1 heterocycles. The number of hydrogen-bond donors (Lipinski definition) is 1. The highest BCUT2D eigenvalue weighted by Gasteiger charge is 2.36. The van der Waals surface area contributed by atoms with Crippen LogP contribution in [0.2, 0.25) is 0 Å². The van der Waals surface area contributed by atoms with Crippen LogP contribution in [-0.4, -0.2) is 48.5 Å². The summed E-state index contributed by atoms with van der Waals surface area (Å²) in [5.41, 5.74) is 0.613. The molecule has 0 aromatic heterocycles. The summed E-state index contributed by atoms with van der Waals surface area (Å²) in [6.45, 7) is 9.98. The molecule has 4 nitrogen and oxygen atoms in total. The van der Waals surface area contributed by atoms with Crippen molar-refractivity contribution in [1.29, 1.82) is 0 Å². The lowest BCUT2D eigenvalue weighted by Gasteiger charge is -2.43. The average molecular weight is 279 g/mol. The van der Waals surface area contributed by atoms with Gasteiger partial charge in [0.25, 0.3) is 0 Å². The van der Waals surface area contributed by atoms with Gasteiger partial charge in [0, 0.05) is 18.6 Å². The molecule has 1 N–H and O–H groups in total. The summed E-state index contributed by atoms with van der Waals surface area (Å²) in [5, 5.41) is 10.7. The van der Waals surface area contributed by atoms with E-state index >= 15 is 0 Å². The van der Waals surface area contributed by atoms with Gasteiger partial charge in [-0.2, -0.15) is 0 Å². The molecule has 0 amide bonds. The Labute approximate surface area is 121 Å². The number of morpholine rings is 1. The average Bonchev–Trinajstić information content (AvgIpc) is 2.48. The van der Waals surface area contributed by atoms with Gasteiger partial charge in [-0.15, -0.1) is 0 Å². The summed E-state index contributed by atoms with van der Waals surface area (Å²) in [4.78, 5) is 2.29. The van der Waals surface area contributed by atoms with Gasteiger partial charge >= 0.3 is 0 Å². The molecule has 1 aliphatic heterocycles. The van der Waals surface area contributed by atoms with Crippen LogP contribution in [0.1, 0.15) is 32.4 Å². The highest BCUT2D eigenvalue weighted by Crippen LogP contribution is 2.32. The third-order valence-electron chi connectivity index (χ3n) is 4.00. The van der Waals surface area contributed by atoms with E-state index in [2.05, 4.69) is 18.7 Å². The molecule has 2 rings (SSSR count). The van der Waals surface area contributed by atoms with E-state index in [-0.39, 0.29) is 5.54 Å². The third-order valence-corrected chi connectivity index (χ3v) is 4.00. The zero-order valence-corrected chi connectivity index (χ0v) is 12.6. The fraction of sp³-hybridized carbons (Fsp3) is 0.625. The van der Waals surface area contributed by atoms with Crippen LogP contribution in [0.15, 0.2) is 24.3 Å². The summed E-state index contributed by atoms with van der Waals surface area (Å²) >= 11 is 0. The zero-order chi connectivity index (χ0) is 14.6. The van der Waals surface area contributed by atoms with Crippen molar-refractivity contribution in [3.8, 4) is 5.75 Å². The lowest BCUT2D eigenvalue weighted by Crippen LogP contribution is -2.53. The van der Waals surface area contributed by atoms with Crippen molar-refractivity contribution in [3.63, 3.8) is 0 Å². The fourth-order valence-corrected chi connectivity index (χ4v) is 2.63. The first-order valence-corrected chi connectivity index (χ1v) is 7.29. The zero-order valence-electron chi connectivity index (χ0n) is 12.6. The van der Waals surface area contributed by atoms with Gasteiger partial charge in [0.1, 0.15) is 5.75 Å². The second-order valence-electron chi connectivity index (χ2n) is 5.66. The van der Waals surface area contributed by atoms with Gasteiger partial charge in [-0.3, -0.25) is 4.90 Å². The Kier molecular flexibility index (Phi) is 5.02. The van der Waals surface area contributed by atoms with E-state index in [4.69, 9.17) is 9.47 Å². The predicted octanol–water partition coefficient (Wildman–Crippen LogP) is 2.23. The van der Waals surface area contributed by atoms with Crippen molar-refractivity contribution in [2.24, 2.45) is 0 Å². The Morgan fingerprint density at radius 1 is 1.25 bits per heavy atom. The summed E-state index contributed by atoms with van der Waals surface area (Å²) in [7, 11) is 0. The van der Waals surface area contributed by atoms with Crippen LogP contribution in [-0.2, 0) is 4.74 Å². The van der Waals surface area contributed by atoms with Crippen molar-refractivity contribution in [2.75, 3.05) is 32.9 Å². The van der Waals surface area contributed by atoms with E-state index in [1.165, 1.54) is 0 Å². The largest absolute Gasteiger partial charge is 0.494 e. The molecule has 0 aliphatic carbocycles. The molecule has 20 heavy (non-hydrogen) atoms. The molecule has 1 fully saturated rings. The van der Waals surface area contributed by atoms with Gasteiger partial charge in [0.15, 0.2) is 0 Å². The molecule has 1 aromatic carbocycles. The van der Waals surface area contributed by atoms with E-state index in [0.29, 0.717) is 6.61 Å². The lowest BCUT2D eigenvalue weighted by molar-refractivity contribution is -0.0630. The number of hydrogen-bond acceptors (Lipinski definition) is 4. The van der Waals surface area contributed by atoms with E-state index in [9.17, 15) is 5.11 Å². The molecule has 1 atom stereocenters. The maximum absolute atomic E-state index is 10.7. The highest BCUT2D eigenvalue weighted by molar-refractivity contribution is 5.30. The van der Waals surface area contributed by atoms with Crippen molar-refractivity contribution in [3.05, 3.63) is 29.8 Å². The quantitative estimate of drug-likeness (QED) is 0.897. The molecule has 0 spiro atoms. The number of benzene rings is 1. The summed E-state index contributed by atoms with van der Waals surface area (Å²) < 4.78 is 10.8. The van der Waals surface area contributed by atoms with Gasteiger partial charge in [-0.25, -0.2) is 0 Å². The van der Waals surface area contributed by atoms with Crippen LogP contribution < -0.4 is 4.74 Å². The maximum atomic E-state index is 10.7. The minimum absolute atomic E-state index is 0.309. The molecule has 4 heteroatoms. The molecule has 1 aliphatic rings. The second-order valence-corrected chi connectivity index (χ2v) is 5.66. The van der Waals surface area contributed by atoms with Crippen LogP contribution in [0.5, 0.6) is 5.75 Å². The van der Waals surface area contributed by atoms with Crippen LogP contribution in [0.3, 0.4) is 0 Å². The SMILES string of the molecule is CCOc1ccc(C(O)C(C)(C)N2CCOCC2)cc1. The molecule has 1 unspecified atom stereocenters.